The van der Waals surface area contributed by atoms with Crippen molar-refractivity contribution in [2.24, 2.45) is 0 Å². The number of aryl methyl sites for hydroxylation is 1. The van der Waals surface area contributed by atoms with E-state index in [1.807, 2.05) is 31.2 Å². The van der Waals surface area contributed by atoms with Crippen molar-refractivity contribution in [1.29, 1.82) is 0 Å². The minimum absolute atomic E-state index is 0.188. The van der Waals surface area contributed by atoms with E-state index in [0.29, 0.717) is 11.4 Å². The molecule has 0 saturated carbocycles. The minimum Gasteiger partial charge on any atom is -0.504 e. The highest BCUT2D eigenvalue weighted by Crippen LogP contribution is 2.30. The summed E-state index contributed by atoms with van der Waals surface area (Å²) in [5.74, 6) is 0.355. The third-order valence-electron chi connectivity index (χ3n) is 2.96. The number of nitrogens with zero attached hydrogens (tertiary/aromatic N) is 2. The number of phenols is 2. The molecule has 0 unspecified atom stereocenters. The van der Waals surface area contributed by atoms with E-state index in [-0.39, 0.29) is 17.4 Å². The normalized spacial score (nSPS) is 10.7. The van der Waals surface area contributed by atoms with Gasteiger partial charge in [-0.15, -0.1) is 0 Å². The maximum Gasteiger partial charge on any atom is 0.258 e. The zero-order valence-corrected chi connectivity index (χ0v) is 10.7. The number of aromatic hydroxyl groups is 2. The van der Waals surface area contributed by atoms with Crippen molar-refractivity contribution >= 4 is 0 Å². The number of phenolic OH excluding ortho intramolecular Hbond substituents is 2. The molecule has 3 aromatic rings. The Labute approximate surface area is 115 Å². The van der Waals surface area contributed by atoms with Crippen LogP contribution in [0.15, 0.2) is 47.0 Å². The lowest BCUT2D eigenvalue weighted by Gasteiger charge is -1.98. The number of rotatable bonds is 2. The van der Waals surface area contributed by atoms with Crippen molar-refractivity contribution in [3.05, 3.63) is 48.0 Å². The second kappa shape index (κ2) is 4.70. The molecule has 0 saturated heterocycles. The SMILES string of the molecule is Cc1ccc(-c2noc(-c3ccc(O)c(O)c3)n2)cc1. The number of aromatic nitrogens is 2. The fourth-order valence-electron chi connectivity index (χ4n) is 1.82. The summed E-state index contributed by atoms with van der Waals surface area (Å²) in [5.41, 5.74) is 2.56. The molecule has 0 aliphatic carbocycles. The van der Waals surface area contributed by atoms with Gasteiger partial charge in [-0.3, -0.25) is 0 Å². The molecule has 5 nitrogen and oxygen atoms in total. The molecule has 0 radical (unpaired) electrons. The van der Waals surface area contributed by atoms with Gasteiger partial charge in [0.15, 0.2) is 11.5 Å². The summed E-state index contributed by atoms with van der Waals surface area (Å²) in [6, 6.07) is 12.1. The summed E-state index contributed by atoms with van der Waals surface area (Å²) >= 11 is 0. The minimum atomic E-state index is -0.224. The van der Waals surface area contributed by atoms with Crippen molar-refractivity contribution < 1.29 is 14.7 Å². The van der Waals surface area contributed by atoms with Crippen LogP contribution in [0.2, 0.25) is 0 Å². The summed E-state index contributed by atoms with van der Waals surface area (Å²) in [6.45, 7) is 2.00. The van der Waals surface area contributed by atoms with Gasteiger partial charge in [0, 0.05) is 11.1 Å². The van der Waals surface area contributed by atoms with E-state index in [2.05, 4.69) is 10.1 Å². The van der Waals surface area contributed by atoms with E-state index >= 15 is 0 Å². The Morgan fingerprint density at radius 3 is 2.30 bits per heavy atom. The van der Waals surface area contributed by atoms with Crippen molar-refractivity contribution in [2.75, 3.05) is 0 Å². The van der Waals surface area contributed by atoms with Gasteiger partial charge in [-0.1, -0.05) is 35.0 Å². The number of benzene rings is 2. The van der Waals surface area contributed by atoms with Crippen LogP contribution in [0.4, 0.5) is 0 Å². The molecule has 3 rings (SSSR count). The lowest BCUT2D eigenvalue weighted by molar-refractivity contribution is 0.402. The van der Waals surface area contributed by atoms with Crippen LogP contribution in [0, 0.1) is 6.92 Å². The Morgan fingerprint density at radius 2 is 1.60 bits per heavy atom. The lowest BCUT2D eigenvalue weighted by Crippen LogP contribution is -1.82. The maximum atomic E-state index is 9.48. The molecule has 1 aromatic heterocycles. The summed E-state index contributed by atoms with van der Waals surface area (Å²) in [5, 5.41) is 22.7. The molecule has 0 fully saturated rings. The van der Waals surface area contributed by atoms with Gasteiger partial charge >= 0.3 is 0 Å². The van der Waals surface area contributed by atoms with Gasteiger partial charge in [0.2, 0.25) is 5.82 Å². The van der Waals surface area contributed by atoms with Gasteiger partial charge in [0.05, 0.1) is 0 Å². The Hall–Kier alpha value is -2.82. The van der Waals surface area contributed by atoms with Crippen molar-refractivity contribution in [1.82, 2.24) is 10.1 Å². The van der Waals surface area contributed by atoms with Gasteiger partial charge in [-0.2, -0.15) is 4.98 Å². The van der Waals surface area contributed by atoms with Crippen molar-refractivity contribution in [3.63, 3.8) is 0 Å². The van der Waals surface area contributed by atoms with Crippen LogP contribution in [0.5, 0.6) is 11.5 Å². The zero-order chi connectivity index (χ0) is 14.1. The van der Waals surface area contributed by atoms with Gasteiger partial charge in [-0.05, 0) is 25.1 Å². The summed E-state index contributed by atoms with van der Waals surface area (Å²) in [6.07, 6.45) is 0. The lowest BCUT2D eigenvalue weighted by atomic mass is 10.1. The van der Waals surface area contributed by atoms with Crippen LogP contribution in [0.25, 0.3) is 22.8 Å². The maximum absolute atomic E-state index is 9.48. The third-order valence-corrected chi connectivity index (χ3v) is 2.96. The van der Waals surface area contributed by atoms with Crippen LogP contribution in [-0.4, -0.2) is 20.4 Å². The molecule has 20 heavy (non-hydrogen) atoms. The van der Waals surface area contributed by atoms with E-state index in [1.54, 1.807) is 6.07 Å². The zero-order valence-electron chi connectivity index (χ0n) is 10.7. The van der Waals surface area contributed by atoms with E-state index in [1.165, 1.54) is 12.1 Å². The topological polar surface area (TPSA) is 79.4 Å². The Balaban J connectivity index is 1.97. The first-order valence-corrected chi connectivity index (χ1v) is 6.06. The fraction of sp³-hybridized carbons (Fsp3) is 0.0667. The molecule has 100 valence electrons. The predicted octanol–water partition coefficient (Wildman–Crippen LogP) is 3.12. The van der Waals surface area contributed by atoms with Gasteiger partial charge in [0.25, 0.3) is 5.89 Å². The molecule has 2 N–H and O–H groups in total. The monoisotopic (exact) mass is 268 g/mol. The quantitative estimate of drug-likeness (QED) is 0.698. The highest BCUT2D eigenvalue weighted by Gasteiger charge is 2.12. The van der Waals surface area contributed by atoms with Crippen LogP contribution in [-0.2, 0) is 0 Å². The van der Waals surface area contributed by atoms with Crippen LogP contribution >= 0.6 is 0 Å². The molecule has 0 amide bonds. The standard InChI is InChI=1S/C15H12N2O3/c1-9-2-4-10(5-3-9)14-16-15(20-17-14)11-6-7-12(18)13(19)8-11/h2-8,18-19H,1H3. The number of hydrogen-bond acceptors (Lipinski definition) is 5. The summed E-state index contributed by atoms with van der Waals surface area (Å²) < 4.78 is 5.18. The highest BCUT2D eigenvalue weighted by molar-refractivity contribution is 5.62. The largest absolute Gasteiger partial charge is 0.504 e. The van der Waals surface area contributed by atoms with Crippen LogP contribution < -0.4 is 0 Å². The fourth-order valence-corrected chi connectivity index (χ4v) is 1.82. The van der Waals surface area contributed by atoms with E-state index in [0.717, 1.165) is 11.1 Å². The van der Waals surface area contributed by atoms with Gasteiger partial charge < -0.3 is 14.7 Å². The van der Waals surface area contributed by atoms with Crippen molar-refractivity contribution in [3.8, 4) is 34.3 Å². The number of hydrogen-bond donors (Lipinski definition) is 2. The smallest absolute Gasteiger partial charge is 0.258 e. The average molecular weight is 268 g/mol. The molecule has 2 aromatic carbocycles. The first-order chi connectivity index (χ1) is 9.63. The predicted molar refractivity (Wildman–Crippen MR) is 73.2 cm³/mol. The first-order valence-electron chi connectivity index (χ1n) is 6.06. The second-order valence-corrected chi connectivity index (χ2v) is 4.49. The van der Waals surface area contributed by atoms with Crippen molar-refractivity contribution in [2.45, 2.75) is 6.92 Å². The molecule has 0 aliphatic rings. The molecular formula is C15H12N2O3. The Morgan fingerprint density at radius 1 is 0.900 bits per heavy atom. The first kappa shape index (κ1) is 12.2. The molecular weight excluding hydrogens is 256 g/mol. The third kappa shape index (κ3) is 2.21. The van der Waals surface area contributed by atoms with Crippen LogP contribution in [0.1, 0.15) is 5.56 Å². The molecule has 0 aliphatic heterocycles. The molecule has 5 heteroatoms. The van der Waals surface area contributed by atoms with E-state index in [9.17, 15) is 10.2 Å². The van der Waals surface area contributed by atoms with Gasteiger partial charge in [-0.25, -0.2) is 0 Å². The molecule has 0 spiro atoms. The Kier molecular flexibility index (Phi) is 2.87. The second-order valence-electron chi connectivity index (χ2n) is 4.49. The van der Waals surface area contributed by atoms with E-state index < -0.39 is 0 Å². The summed E-state index contributed by atoms with van der Waals surface area (Å²) in [7, 11) is 0. The van der Waals surface area contributed by atoms with Crippen LogP contribution in [0.3, 0.4) is 0 Å². The Bertz CT molecular complexity index is 748. The molecule has 1 heterocycles. The molecule has 0 bridgehead atoms. The summed E-state index contributed by atoms with van der Waals surface area (Å²) in [4.78, 5) is 4.28. The highest BCUT2D eigenvalue weighted by atomic mass is 16.5. The average Bonchev–Trinajstić information content (AvgIpc) is 2.92. The molecule has 0 atom stereocenters. The van der Waals surface area contributed by atoms with Gasteiger partial charge in [0.1, 0.15) is 0 Å². The van der Waals surface area contributed by atoms with E-state index in [4.69, 9.17) is 4.52 Å².